The van der Waals surface area contributed by atoms with Crippen LogP contribution in [0, 0.1) is 5.92 Å². The van der Waals surface area contributed by atoms with E-state index in [0.717, 1.165) is 0 Å². The molecule has 0 spiro atoms. The van der Waals surface area contributed by atoms with E-state index in [2.05, 4.69) is 15.4 Å². The Morgan fingerprint density at radius 2 is 2.07 bits per heavy atom. The molecule has 15 heavy (non-hydrogen) atoms. The molecule has 5 heteroatoms. The van der Waals surface area contributed by atoms with Crippen molar-refractivity contribution in [2.24, 2.45) is 5.92 Å². The largest absolute Gasteiger partial charge is 0.466 e. The Labute approximate surface area is 88.9 Å². The van der Waals surface area contributed by atoms with Crippen molar-refractivity contribution in [3.63, 3.8) is 0 Å². The fourth-order valence-corrected chi connectivity index (χ4v) is 1.61. The monoisotopic (exact) mass is 212 g/mol. The zero-order valence-corrected chi connectivity index (χ0v) is 9.38. The van der Waals surface area contributed by atoms with E-state index in [-0.39, 0.29) is 18.0 Å². The zero-order valence-electron chi connectivity index (χ0n) is 9.38. The summed E-state index contributed by atoms with van der Waals surface area (Å²) in [4.78, 5) is 22.8. The van der Waals surface area contributed by atoms with Gasteiger partial charge in [-0.3, -0.25) is 0 Å². The van der Waals surface area contributed by atoms with E-state index in [1.54, 1.807) is 6.92 Å². The number of methoxy groups -OCH3 is 1. The van der Waals surface area contributed by atoms with E-state index in [1.165, 1.54) is 7.11 Å². The molecule has 1 aliphatic heterocycles. The zero-order chi connectivity index (χ0) is 11.6. The quantitative estimate of drug-likeness (QED) is 0.664. The van der Waals surface area contributed by atoms with Gasteiger partial charge < -0.3 is 15.4 Å². The highest BCUT2D eigenvalue weighted by Crippen LogP contribution is 2.19. The van der Waals surface area contributed by atoms with Crippen molar-refractivity contribution in [3.05, 3.63) is 11.3 Å². The van der Waals surface area contributed by atoms with E-state index in [9.17, 15) is 9.59 Å². The van der Waals surface area contributed by atoms with Gasteiger partial charge in [0.1, 0.15) is 0 Å². The van der Waals surface area contributed by atoms with Crippen LogP contribution in [0.2, 0.25) is 0 Å². The number of allylic oxidation sites excluding steroid dienone is 1. The number of hydrogen-bond donors (Lipinski definition) is 2. The fraction of sp³-hybridized carbons (Fsp3) is 0.600. The Morgan fingerprint density at radius 1 is 1.47 bits per heavy atom. The first-order chi connectivity index (χ1) is 6.97. The van der Waals surface area contributed by atoms with Gasteiger partial charge in [-0.25, -0.2) is 9.59 Å². The number of nitrogens with one attached hydrogen (secondary N) is 2. The lowest BCUT2D eigenvalue weighted by molar-refractivity contribution is -0.136. The number of hydrogen-bond acceptors (Lipinski definition) is 3. The molecule has 0 aromatic carbocycles. The van der Waals surface area contributed by atoms with Crippen molar-refractivity contribution >= 4 is 12.0 Å². The summed E-state index contributed by atoms with van der Waals surface area (Å²) in [5, 5.41) is 5.26. The van der Waals surface area contributed by atoms with Crippen molar-refractivity contribution in [1.82, 2.24) is 10.6 Å². The molecule has 0 saturated heterocycles. The van der Waals surface area contributed by atoms with E-state index in [1.807, 2.05) is 13.8 Å². The summed E-state index contributed by atoms with van der Waals surface area (Å²) in [5.41, 5.74) is 1.05. The Bertz CT molecular complexity index is 321. The van der Waals surface area contributed by atoms with Gasteiger partial charge in [-0.05, 0) is 12.8 Å². The average Bonchev–Trinajstić information content (AvgIpc) is 2.15. The highest BCUT2D eigenvalue weighted by atomic mass is 16.5. The SMILES string of the molecule is COC(=O)C1=C(C)NC(=O)N[C@@H]1C(C)C. The molecule has 0 radical (unpaired) electrons. The minimum Gasteiger partial charge on any atom is -0.466 e. The van der Waals surface area contributed by atoms with Crippen LogP contribution < -0.4 is 10.6 Å². The molecule has 0 fully saturated rings. The number of carbonyl (C=O) groups excluding carboxylic acids is 2. The molecule has 1 atom stereocenters. The lowest BCUT2D eigenvalue weighted by Crippen LogP contribution is -2.52. The van der Waals surface area contributed by atoms with Gasteiger partial charge in [0.25, 0.3) is 0 Å². The first kappa shape index (κ1) is 11.6. The number of ether oxygens (including phenoxy) is 1. The second-order valence-electron chi connectivity index (χ2n) is 3.85. The van der Waals surface area contributed by atoms with E-state index < -0.39 is 5.97 Å². The third-order valence-corrected chi connectivity index (χ3v) is 2.37. The van der Waals surface area contributed by atoms with Gasteiger partial charge in [0, 0.05) is 5.70 Å². The van der Waals surface area contributed by atoms with Crippen LogP contribution in [-0.2, 0) is 9.53 Å². The van der Waals surface area contributed by atoms with Crippen LogP contribution in [0.3, 0.4) is 0 Å². The highest BCUT2D eigenvalue weighted by molar-refractivity contribution is 5.94. The second kappa shape index (κ2) is 4.33. The topological polar surface area (TPSA) is 67.4 Å². The smallest absolute Gasteiger partial charge is 0.337 e. The van der Waals surface area contributed by atoms with Crippen LogP contribution in [0.25, 0.3) is 0 Å². The second-order valence-corrected chi connectivity index (χ2v) is 3.85. The first-order valence-corrected chi connectivity index (χ1v) is 4.84. The minimum absolute atomic E-state index is 0.139. The predicted octanol–water partition coefficient (Wildman–Crippen LogP) is 0.771. The molecule has 1 aliphatic rings. The van der Waals surface area contributed by atoms with Gasteiger partial charge in [-0.15, -0.1) is 0 Å². The maximum absolute atomic E-state index is 11.5. The third-order valence-electron chi connectivity index (χ3n) is 2.37. The molecule has 0 aliphatic carbocycles. The number of carbonyl (C=O) groups is 2. The van der Waals surface area contributed by atoms with E-state index >= 15 is 0 Å². The molecular weight excluding hydrogens is 196 g/mol. The maximum atomic E-state index is 11.5. The number of rotatable bonds is 2. The minimum atomic E-state index is -0.404. The summed E-state index contributed by atoms with van der Waals surface area (Å²) in [6.45, 7) is 5.57. The van der Waals surface area contributed by atoms with Crippen molar-refractivity contribution in [2.75, 3.05) is 7.11 Å². The molecule has 0 aromatic rings. The van der Waals surface area contributed by atoms with Gasteiger partial charge in [-0.1, -0.05) is 13.8 Å². The molecule has 2 N–H and O–H groups in total. The van der Waals surface area contributed by atoms with E-state index in [0.29, 0.717) is 11.3 Å². The molecular formula is C10H16N2O3. The van der Waals surface area contributed by atoms with Crippen molar-refractivity contribution in [3.8, 4) is 0 Å². The summed E-state index contributed by atoms with van der Waals surface area (Å²) < 4.78 is 4.69. The highest BCUT2D eigenvalue weighted by Gasteiger charge is 2.32. The van der Waals surface area contributed by atoms with Gasteiger partial charge in [0.15, 0.2) is 0 Å². The van der Waals surface area contributed by atoms with Gasteiger partial charge in [0.2, 0.25) is 0 Å². The molecule has 2 amide bonds. The fourth-order valence-electron chi connectivity index (χ4n) is 1.61. The molecule has 5 nitrogen and oxygen atoms in total. The number of urea groups is 1. The summed E-state index contributed by atoms with van der Waals surface area (Å²) in [5.74, 6) is -0.265. The van der Waals surface area contributed by atoms with Crippen LogP contribution in [0.15, 0.2) is 11.3 Å². The molecule has 84 valence electrons. The van der Waals surface area contributed by atoms with Crippen LogP contribution in [0.4, 0.5) is 4.79 Å². The standard InChI is InChI=1S/C10H16N2O3/c1-5(2)8-7(9(13)15-4)6(3)11-10(14)12-8/h5,8H,1-4H3,(H2,11,12,14)/t8-/m1/s1. The number of amides is 2. The lowest BCUT2D eigenvalue weighted by Gasteiger charge is -2.29. The van der Waals surface area contributed by atoms with Gasteiger partial charge in [-0.2, -0.15) is 0 Å². The van der Waals surface area contributed by atoms with Crippen molar-refractivity contribution < 1.29 is 14.3 Å². The van der Waals surface area contributed by atoms with Crippen LogP contribution >= 0.6 is 0 Å². The van der Waals surface area contributed by atoms with E-state index in [4.69, 9.17) is 0 Å². The van der Waals surface area contributed by atoms with Crippen LogP contribution in [0.1, 0.15) is 20.8 Å². The Balaban J connectivity index is 3.08. The molecule has 1 rings (SSSR count). The predicted molar refractivity (Wildman–Crippen MR) is 55.0 cm³/mol. The van der Waals surface area contributed by atoms with Crippen molar-refractivity contribution in [1.29, 1.82) is 0 Å². The summed E-state index contributed by atoms with van der Waals surface area (Å²) >= 11 is 0. The van der Waals surface area contributed by atoms with Gasteiger partial charge >= 0.3 is 12.0 Å². The van der Waals surface area contributed by atoms with Crippen LogP contribution in [-0.4, -0.2) is 25.2 Å². The van der Waals surface area contributed by atoms with Gasteiger partial charge in [0.05, 0.1) is 18.7 Å². The molecule has 0 bridgehead atoms. The third kappa shape index (κ3) is 2.29. The molecule has 0 saturated carbocycles. The summed E-state index contributed by atoms with van der Waals surface area (Å²) in [6.07, 6.45) is 0. The molecule has 0 aromatic heterocycles. The van der Waals surface area contributed by atoms with Crippen LogP contribution in [0.5, 0.6) is 0 Å². The number of esters is 1. The first-order valence-electron chi connectivity index (χ1n) is 4.84. The summed E-state index contributed by atoms with van der Waals surface area (Å²) in [7, 11) is 1.33. The Hall–Kier alpha value is -1.52. The normalized spacial score (nSPS) is 21.1. The lowest BCUT2D eigenvalue weighted by atomic mass is 9.93. The Morgan fingerprint density at radius 3 is 2.53 bits per heavy atom. The molecule has 0 unspecified atom stereocenters. The Kier molecular flexibility index (Phi) is 3.34. The average molecular weight is 212 g/mol. The molecule has 1 heterocycles. The van der Waals surface area contributed by atoms with Crippen molar-refractivity contribution in [2.45, 2.75) is 26.8 Å². The summed E-state index contributed by atoms with van der Waals surface area (Å²) in [6, 6.07) is -0.565. The maximum Gasteiger partial charge on any atom is 0.337 e.